The van der Waals surface area contributed by atoms with Crippen molar-refractivity contribution in [3.05, 3.63) is 37.9 Å². The third kappa shape index (κ3) is 5.40. The Morgan fingerprint density at radius 3 is 2.08 bits per heavy atom. The molecule has 0 radical (unpaired) electrons. The highest BCUT2D eigenvalue weighted by molar-refractivity contribution is 5.71. The molecule has 1 aromatic rings. The molecule has 0 amide bonds. The van der Waals surface area contributed by atoms with Crippen LogP contribution in [0.25, 0.3) is 0 Å². The lowest BCUT2D eigenvalue weighted by Crippen LogP contribution is -2.11. The van der Waals surface area contributed by atoms with Crippen molar-refractivity contribution in [1.82, 2.24) is 0 Å². The quantitative estimate of drug-likeness (QED) is 0.207. The summed E-state index contributed by atoms with van der Waals surface area (Å²) in [4.78, 5) is 32.4. The van der Waals surface area contributed by atoms with Gasteiger partial charge < -0.3 is 9.47 Å². The van der Waals surface area contributed by atoms with Crippen LogP contribution < -0.4 is 4.74 Å². The number of nitro groups is 2. The number of methoxy groups -OCH3 is 1. The first-order valence-electron chi connectivity index (χ1n) is 8.08. The third-order valence-electron chi connectivity index (χ3n) is 3.94. The number of nitro benzene ring substituents is 2. The van der Waals surface area contributed by atoms with Crippen molar-refractivity contribution >= 4 is 17.5 Å². The Balaban J connectivity index is 3.39. The summed E-state index contributed by atoms with van der Waals surface area (Å²) >= 11 is 0. The predicted octanol–water partition coefficient (Wildman–Crippen LogP) is 4.72. The SMILES string of the molecule is CCCCCC(CC)c1cc([N+](=O)[O-])c(OC(=O)OC)c([N+](=O)[O-])c1. The van der Waals surface area contributed by atoms with E-state index in [1.807, 2.05) is 6.92 Å². The maximum absolute atomic E-state index is 11.3. The van der Waals surface area contributed by atoms with Crippen LogP contribution in [0.1, 0.15) is 57.4 Å². The molecule has 1 atom stereocenters. The molecule has 9 nitrogen and oxygen atoms in total. The number of unbranched alkanes of at least 4 members (excludes halogenated alkanes) is 2. The minimum atomic E-state index is -1.26. The molecule has 0 saturated carbocycles. The van der Waals surface area contributed by atoms with Gasteiger partial charge in [0.2, 0.25) is 0 Å². The minimum Gasteiger partial charge on any atom is -0.437 e. The monoisotopic (exact) mass is 354 g/mol. The summed E-state index contributed by atoms with van der Waals surface area (Å²) in [6, 6.07) is 2.48. The fraction of sp³-hybridized carbons (Fsp3) is 0.562. The van der Waals surface area contributed by atoms with Crippen molar-refractivity contribution in [2.75, 3.05) is 7.11 Å². The first-order valence-corrected chi connectivity index (χ1v) is 8.08. The summed E-state index contributed by atoms with van der Waals surface area (Å²) in [5, 5.41) is 22.7. The highest BCUT2D eigenvalue weighted by Gasteiger charge is 2.32. The molecule has 1 unspecified atom stereocenters. The van der Waals surface area contributed by atoms with Gasteiger partial charge >= 0.3 is 17.5 Å². The molecule has 0 bridgehead atoms. The topological polar surface area (TPSA) is 122 Å². The number of benzene rings is 1. The lowest BCUT2D eigenvalue weighted by Gasteiger charge is -2.16. The van der Waals surface area contributed by atoms with Gasteiger partial charge in [-0.25, -0.2) is 4.79 Å². The molecule has 1 rings (SSSR count). The maximum Gasteiger partial charge on any atom is 0.514 e. The van der Waals surface area contributed by atoms with Gasteiger partial charge in [-0.2, -0.15) is 0 Å². The highest BCUT2D eigenvalue weighted by Crippen LogP contribution is 2.41. The van der Waals surface area contributed by atoms with Gasteiger partial charge in [0.05, 0.1) is 17.0 Å². The number of carbonyl (C=O) groups is 1. The molecule has 0 aliphatic carbocycles. The molecule has 0 spiro atoms. The van der Waals surface area contributed by atoms with E-state index in [1.54, 1.807) is 0 Å². The highest BCUT2D eigenvalue weighted by atomic mass is 16.7. The maximum atomic E-state index is 11.3. The van der Waals surface area contributed by atoms with Crippen molar-refractivity contribution in [1.29, 1.82) is 0 Å². The first-order chi connectivity index (χ1) is 11.8. The fourth-order valence-corrected chi connectivity index (χ4v) is 2.60. The number of nitrogens with zero attached hydrogens (tertiary/aromatic N) is 2. The Hall–Kier alpha value is -2.71. The van der Waals surface area contributed by atoms with Crippen LogP contribution in [-0.2, 0) is 4.74 Å². The second kappa shape index (κ2) is 9.55. The van der Waals surface area contributed by atoms with Gasteiger partial charge in [0.15, 0.2) is 0 Å². The normalized spacial score (nSPS) is 11.6. The van der Waals surface area contributed by atoms with Gasteiger partial charge in [0, 0.05) is 12.1 Å². The molecule has 0 aromatic heterocycles. The van der Waals surface area contributed by atoms with E-state index < -0.39 is 33.1 Å². The van der Waals surface area contributed by atoms with Crippen LogP contribution in [0.3, 0.4) is 0 Å². The van der Waals surface area contributed by atoms with Crippen LogP contribution in [0.5, 0.6) is 5.75 Å². The van der Waals surface area contributed by atoms with Crippen LogP contribution in [0.4, 0.5) is 16.2 Å². The molecule has 0 aliphatic heterocycles. The first kappa shape index (κ1) is 20.3. The van der Waals surface area contributed by atoms with Gasteiger partial charge in [-0.3, -0.25) is 20.2 Å². The van der Waals surface area contributed by atoms with E-state index in [1.165, 1.54) is 12.1 Å². The second-order valence-corrected chi connectivity index (χ2v) is 5.56. The summed E-state index contributed by atoms with van der Waals surface area (Å²) in [5.74, 6) is -0.759. The Bertz CT molecular complexity index is 610. The molecule has 9 heteroatoms. The summed E-state index contributed by atoms with van der Waals surface area (Å²) in [7, 11) is 1.01. The number of carbonyl (C=O) groups excluding carboxylic acids is 1. The van der Waals surface area contributed by atoms with Gasteiger partial charge in [-0.15, -0.1) is 0 Å². The summed E-state index contributed by atoms with van der Waals surface area (Å²) in [6.07, 6.45) is 3.18. The molecular formula is C16H22N2O7. The van der Waals surface area contributed by atoms with E-state index in [-0.39, 0.29) is 5.92 Å². The summed E-state index contributed by atoms with van der Waals surface area (Å²) in [6.45, 7) is 3.99. The van der Waals surface area contributed by atoms with E-state index in [0.717, 1.165) is 32.8 Å². The molecule has 138 valence electrons. The van der Waals surface area contributed by atoms with Crippen LogP contribution in [0, 0.1) is 20.2 Å². The second-order valence-electron chi connectivity index (χ2n) is 5.56. The zero-order chi connectivity index (χ0) is 19.0. The Kier molecular flexibility index (Phi) is 7.77. The lowest BCUT2D eigenvalue weighted by molar-refractivity contribution is -0.395. The van der Waals surface area contributed by atoms with Crippen LogP contribution in [0.2, 0.25) is 0 Å². The minimum absolute atomic E-state index is 0.0453. The van der Waals surface area contributed by atoms with Crippen molar-refractivity contribution in [2.24, 2.45) is 0 Å². The molecule has 0 saturated heterocycles. The summed E-state index contributed by atoms with van der Waals surface area (Å²) < 4.78 is 8.95. The Labute approximate surface area is 145 Å². The van der Waals surface area contributed by atoms with Crippen molar-refractivity contribution < 1.29 is 24.1 Å². The van der Waals surface area contributed by atoms with Gasteiger partial charge in [0.1, 0.15) is 0 Å². The number of hydrogen-bond donors (Lipinski definition) is 0. The molecule has 0 aliphatic rings. The molecule has 0 N–H and O–H groups in total. The molecular weight excluding hydrogens is 332 g/mol. The molecule has 0 heterocycles. The Morgan fingerprint density at radius 1 is 1.12 bits per heavy atom. The van der Waals surface area contributed by atoms with E-state index in [2.05, 4.69) is 16.4 Å². The number of ether oxygens (including phenoxy) is 2. The predicted molar refractivity (Wildman–Crippen MR) is 90.0 cm³/mol. The smallest absolute Gasteiger partial charge is 0.437 e. The standard InChI is InChI=1S/C16H22N2O7/c1-4-6-7-8-11(5-2)12-9-13(17(20)21)15(25-16(19)24-3)14(10-12)18(22)23/h9-11H,4-8H2,1-3H3. The zero-order valence-electron chi connectivity index (χ0n) is 14.5. The molecule has 25 heavy (non-hydrogen) atoms. The largest absolute Gasteiger partial charge is 0.514 e. The average Bonchev–Trinajstić information content (AvgIpc) is 2.58. The van der Waals surface area contributed by atoms with E-state index in [9.17, 15) is 25.0 Å². The third-order valence-corrected chi connectivity index (χ3v) is 3.94. The Morgan fingerprint density at radius 2 is 1.68 bits per heavy atom. The summed E-state index contributed by atoms with van der Waals surface area (Å²) in [5.41, 5.74) is -0.749. The van der Waals surface area contributed by atoms with Crippen LogP contribution >= 0.6 is 0 Å². The van der Waals surface area contributed by atoms with Crippen molar-refractivity contribution in [3.63, 3.8) is 0 Å². The van der Waals surface area contributed by atoms with E-state index in [0.29, 0.717) is 12.0 Å². The lowest BCUT2D eigenvalue weighted by atomic mass is 9.90. The van der Waals surface area contributed by atoms with E-state index in [4.69, 9.17) is 0 Å². The van der Waals surface area contributed by atoms with Gasteiger partial charge in [0.25, 0.3) is 5.75 Å². The van der Waals surface area contributed by atoms with Crippen molar-refractivity contribution in [3.8, 4) is 5.75 Å². The number of rotatable bonds is 9. The number of hydrogen-bond acceptors (Lipinski definition) is 7. The van der Waals surface area contributed by atoms with Crippen molar-refractivity contribution in [2.45, 2.75) is 51.9 Å². The van der Waals surface area contributed by atoms with E-state index >= 15 is 0 Å². The molecule has 0 fully saturated rings. The fourth-order valence-electron chi connectivity index (χ4n) is 2.60. The average molecular weight is 354 g/mol. The molecule has 1 aromatic carbocycles. The van der Waals surface area contributed by atoms with Crippen LogP contribution in [-0.4, -0.2) is 23.1 Å². The van der Waals surface area contributed by atoms with Gasteiger partial charge in [-0.1, -0.05) is 33.1 Å². The van der Waals surface area contributed by atoms with Crippen LogP contribution in [0.15, 0.2) is 12.1 Å². The van der Waals surface area contributed by atoms with Gasteiger partial charge in [-0.05, 0) is 24.3 Å². The zero-order valence-corrected chi connectivity index (χ0v) is 14.5.